The van der Waals surface area contributed by atoms with Gasteiger partial charge in [0.05, 0.1) is 22.3 Å². The van der Waals surface area contributed by atoms with Crippen molar-refractivity contribution in [1.29, 1.82) is 0 Å². The van der Waals surface area contributed by atoms with Crippen molar-refractivity contribution < 1.29 is 13.5 Å². The molecule has 1 unspecified atom stereocenters. The van der Waals surface area contributed by atoms with Gasteiger partial charge < -0.3 is 10.4 Å². The van der Waals surface area contributed by atoms with Gasteiger partial charge in [-0.05, 0) is 48.7 Å². The van der Waals surface area contributed by atoms with Crippen LogP contribution in [-0.4, -0.2) is 29.2 Å². The molecule has 1 atom stereocenters. The largest absolute Gasteiger partial charge is 0.389 e. The molecule has 0 fully saturated rings. The molecule has 1 aliphatic heterocycles. The summed E-state index contributed by atoms with van der Waals surface area (Å²) in [6, 6.07) is 10.7. The van der Waals surface area contributed by atoms with Crippen LogP contribution in [0, 0.1) is 0 Å². The molecule has 0 radical (unpaired) electrons. The van der Waals surface area contributed by atoms with Gasteiger partial charge >= 0.3 is 0 Å². The Balaban J connectivity index is 1.81. The predicted octanol–water partition coefficient (Wildman–Crippen LogP) is 2.76. The lowest BCUT2D eigenvalue weighted by molar-refractivity contribution is 0.199. The highest BCUT2D eigenvalue weighted by Gasteiger charge is 2.29. The number of anilines is 2. The van der Waals surface area contributed by atoms with Crippen molar-refractivity contribution in [3.63, 3.8) is 0 Å². The molecule has 3 aromatic rings. The van der Waals surface area contributed by atoms with E-state index < -0.39 is 15.9 Å². The summed E-state index contributed by atoms with van der Waals surface area (Å²) in [5.74, 6) is 0.711. The zero-order valence-electron chi connectivity index (χ0n) is 13.6. The number of hydrogen-bond donors (Lipinski definition) is 2. The van der Waals surface area contributed by atoms with Crippen LogP contribution in [0.25, 0.3) is 10.9 Å². The van der Waals surface area contributed by atoms with Crippen molar-refractivity contribution in [2.45, 2.75) is 24.3 Å². The summed E-state index contributed by atoms with van der Waals surface area (Å²) < 4.78 is 24.4. The highest BCUT2D eigenvalue weighted by atomic mass is 32.2. The lowest BCUT2D eigenvalue weighted by Crippen LogP contribution is -2.00. The number of hydrogen-bond acceptors (Lipinski definition) is 6. The minimum Gasteiger partial charge on any atom is -0.389 e. The maximum atomic E-state index is 12.2. The Hall–Kier alpha value is -2.51. The average molecular weight is 355 g/mol. The first-order chi connectivity index (χ1) is 12.0. The highest BCUT2D eigenvalue weighted by Crippen LogP contribution is 2.35. The maximum absolute atomic E-state index is 12.2. The maximum Gasteiger partial charge on any atom is 0.179 e. The Kier molecular flexibility index (Phi) is 3.70. The van der Waals surface area contributed by atoms with Crippen molar-refractivity contribution in [2.75, 3.05) is 11.1 Å². The summed E-state index contributed by atoms with van der Waals surface area (Å²) in [5, 5.41) is 13.6. The van der Waals surface area contributed by atoms with E-state index in [0.717, 1.165) is 22.2 Å². The monoisotopic (exact) mass is 355 g/mol. The molecule has 0 saturated heterocycles. The van der Waals surface area contributed by atoms with E-state index in [-0.39, 0.29) is 5.75 Å². The van der Waals surface area contributed by atoms with Gasteiger partial charge in [0.2, 0.25) is 0 Å². The molecule has 0 aliphatic carbocycles. The standard InChI is InChI=1S/C18H17N3O3S/c1-11(22)12-2-4-13(5-3-12)21-18-17-14-8-9-25(23,24)16(14)7-6-15(17)19-10-20-18/h2-7,10-11,22H,8-9H2,1H3,(H,19,20,21). The number of rotatable bonds is 3. The zero-order valence-corrected chi connectivity index (χ0v) is 14.4. The van der Waals surface area contributed by atoms with Crippen molar-refractivity contribution in [3.8, 4) is 0 Å². The van der Waals surface area contributed by atoms with E-state index in [2.05, 4.69) is 15.3 Å². The van der Waals surface area contributed by atoms with Crippen molar-refractivity contribution in [1.82, 2.24) is 9.97 Å². The molecule has 25 heavy (non-hydrogen) atoms. The zero-order chi connectivity index (χ0) is 17.6. The molecule has 4 rings (SSSR count). The van der Waals surface area contributed by atoms with Crippen LogP contribution in [0.5, 0.6) is 0 Å². The summed E-state index contributed by atoms with van der Waals surface area (Å²) >= 11 is 0. The number of aromatic nitrogens is 2. The Morgan fingerprint density at radius 3 is 2.60 bits per heavy atom. The van der Waals surface area contributed by atoms with Gasteiger partial charge in [-0.2, -0.15) is 0 Å². The number of nitrogens with zero attached hydrogens (tertiary/aromatic N) is 2. The number of aryl methyl sites for hydroxylation is 1. The van der Waals surface area contributed by atoms with E-state index in [1.54, 1.807) is 19.1 Å². The van der Waals surface area contributed by atoms with Crippen molar-refractivity contribution >= 4 is 32.2 Å². The Morgan fingerprint density at radius 1 is 1.12 bits per heavy atom. The topological polar surface area (TPSA) is 92.2 Å². The number of aliphatic hydroxyl groups is 1. The first-order valence-electron chi connectivity index (χ1n) is 8.00. The second kappa shape index (κ2) is 5.79. The molecule has 7 heteroatoms. The first kappa shape index (κ1) is 16.0. The van der Waals surface area contributed by atoms with Gasteiger partial charge in [-0.25, -0.2) is 18.4 Å². The third-order valence-corrected chi connectivity index (χ3v) is 6.27. The molecule has 2 heterocycles. The lowest BCUT2D eigenvalue weighted by atomic mass is 10.1. The fraction of sp³-hybridized carbons (Fsp3) is 0.222. The van der Waals surface area contributed by atoms with Crippen molar-refractivity contribution in [2.24, 2.45) is 0 Å². The average Bonchev–Trinajstić information content (AvgIpc) is 2.91. The van der Waals surface area contributed by atoms with Crippen LogP contribution in [0.1, 0.15) is 24.2 Å². The van der Waals surface area contributed by atoms with Gasteiger partial charge in [0.15, 0.2) is 9.84 Å². The lowest BCUT2D eigenvalue weighted by Gasteiger charge is -2.12. The Labute approximate surface area is 145 Å². The fourth-order valence-electron chi connectivity index (χ4n) is 3.16. The summed E-state index contributed by atoms with van der Waals surface area (Å²) in [7, 11) is -3.21. The quantitative estimate of drug-likeness (QED) is 0.750. The van der Waals surface area contributed by atoms with Crippen LogP contribution < -0.4 is 5.32 Å². The molecule has 0 spiro atoms. The fourth-order valence-corrected chi connectivity index (χ4v) is 4.71. The normalized spacial score (nSPS) is 16.6. The smallest absolute Gasteiger partial charge is 0.179 e. The second-order valence-electron chi connectivity index (χ2n) is 6.15. The summed E-state index contributed by atoms with van der Waals surface area (Å²) in [5.41, 5.74) is 3.13. The molecule has 1 aliphatic rings. The molecule has 0 saturated carbocycles. The Morgan fingerprint density at radius 2 is 1.88 bits per heavy atom. The minimum absolute atomic E-state index is 0.124. The van der Waals surface area contributed by atoms with Gasteiger partial charge in [0.25, 0.3) is 0 Å². The molecule has 0 bridgehead atoms. The third kappa shape index (κ3) is 2.75. The minimum atomic E-state index is -3.21. The van der Waals surface area contributed by atoms with Gasteiger partial charge in [0, 0.05) is 11.1 Å². The van der Waals surface area contributed by atoms with Crippen LogP contribution >= 0.6 is 0 Å². The van der Waals surface area contributed by atoms with Gasteiger partial charge in [-0.15, -0.1) is 0 Å². The van der Waals surface area contributed by atoms with E-state index >= 15 is 0 Å². The second-order valence-corrected chi connectivity index (χ2v) is 8.23. The van der Waals surface area contributed by atoms with Crippen LogP contribution in [-0.2, 0) is 16.3 Å². The predicted molar refractivity (Wildman–Crippen MR) is 95.7 cm³/mol. The third-order valence-electron chi connectivity index (χ3n) is 4.48. The van der Waals surface area contributed by atoms with Gasteiger partial charge in [0.1, 0.15) is 12.1 Å². The van der Waals surface area contributed by atoms with Crippen LogP contribution in [0.2, 0.25) is 0 Å². The number of benzene rings is 2. The van der Waals surface area contributed by atoms with Crippen LogP contribution in [0.15, 0.2) is 47.6 Å². The van der Waals surface area contributed by atoms with E-state index in [0.29, 0.717) is 22.7 Å². The van der Waals surface area contributed by atoms with E-state index in [1.165, 1.54) is 6.33 Å². The number of aliphatic hydroxyl groups excluding tert-OH is 1. The first-order valence-corrected chi connectivity index (χ1v) is 9.65. The molecule has 128 valence electrons. The number of sulfone groups is 1. The molecule has 2 N–H and O–H groups in total. The molecule has 1 aromatic heterocycles. The molecular weight excluding hydrogens is 338 g/mol. The Bertz CT molecular complexity index is 1060. The molecule has 6 nitrogen and oxygen atoms in total. The number of nitrogens with one attached hydrogen (secondary N) is 1. The van der Waals surface area contributed by atoms with Crippen LogP contribution in [0.3, 0.4) is 0 Å². The molecule has 2 aromatic carbocycles. The summed E-state index contributed by atoms with van der Waals surface area (Å²) in [6.07, 6.45) is 1.41. The highest BCUT2D eigenvalue weighted by molar-refractivity contribution is 7.91. The molecule has 0 amide bonds. The van der Waals surface area contributed by atoms with Gasteiger partial charge in [-0.3, -0.25) is 0 Å². The number of fused-ring (bicyclic) bond motifs is 3. The van der Waals surface area contributed by atoms with Gasteiger partial charge in [-0.1, -0.05) is 12.1 Å². The SMILES string of the molecule is CC(O)c1ccc(Nc2ncnc3ccc4c(c23)CCS4(=O)=O)cc1. The summed E-state index contributed by atoms with van der Waals surface area (Å²) in [6.45, 7) is 1.71. The summed E-state index contributed by atoms with van der Waals surface area (Å²) in [4.78, 5) is 8.96. The van der Waals surface area contributed by atoms with Crippen LogP contribution in [0.4, 0.5) is 11.5 Å². The van der Waals surface area contributed by atoms with E-state index in [4.69, 9.17) is 0 Å². The molecular formula is C18H17N3O3S. The van der Waals surface area contributed by atoms with Crippen molar-refractivity contribution in [3.05, 3.63) is 53.9 Å². The van der Waals surface area contributed by atoms with E-state index in [9.17, 15) is 13.5 Å². The van der Waals surface area contributed by atoms with E-state index in [1.807, 2.05) is 24.3 Å².